The molecule has 0 spiro atoms. The summed E-state index contributed by atoms with van der Waals surface area (Å²) in [4.78, 5) is 0. The maximum Gasteiger partial charge on any atom is 0.0473 e. The number of aliphatic hydroxyl groups excluding tert-OH is 1. The highest BCUT2D eigenvalue weighted by Gasteiger charge is 2.02. The van der Waals surface area contributed by atoms with Crippen molar-refractivity contribution >= 4 is 17.3 Å². The molecule has 0 fully saturated rings. The Balaban J connectivity index is 2.62. The van der Waals surface area contributed by atoms with Gasteiger partial charge in [0.1, 0.15) is 0 Å². The molecule has 0 aliphatic heterocycles. The third kappa shape index (κ3) is 3.20. The summed E-state index contributed by atoms with van der Waals surface area (Å²) in [5.74, 6) is 0.258. The summed E-state index contributed by atoms with van der Waals surface area (Å²) >= 11 is 5.88. The molecule has 0 radical (unpaired) electrons. The van der Waals surface area contributed by atoms with Crippen LogP contribution in [0.1, 0.15) is 12.5 Å². The predicted molar refractivity (Wildman–Crippen MR) is 60.9 cm³/mol. The summed E-state index contributed by atoms with van der Waals surface area (Å²) in [6, 6.07) is 5.76. The van der Waals surface area contributed by atoms with Crippen LogP contribution in [0.2, 0.25) is 5.02 Å². The Morgan fingerprint density at radius 3 is 2.86 bits per heavy atom. The number of rotatable bonds is 4. The fraction of sp³-hybridized carbons (Fsp3) is 0.455. The van der Waals surface area contributed by atoms with Gasteiger partial charge in [-0.25, -0.2) is 0 Å². The third-order valence-corrected chi connectivity index (χ3v) is 2.39. The topological polar surface area (TPSA) is 32.3 Å². The van der Waals surface area contributed by atoms with Crippen molar-refractivity contribution in [1.29, 1.82) is 0 Å². The van der Waals surface area contributed by atoms with Crippen molar-refractivity contribution in [2.24, 2.45) is 5.92 Å². The number of aliphatic hydroxyl groups is 1. The van der Waals surface area contributed by atoms with Crippen LogP contribution in [0.4, 0.5) is 5.69 Å². The van der Waals surface area contributed by atoms with Crippen molar-refractivity contribution in [2.45, 2.75) is 13.8 Å². The van der Waals surface area contributed by atoms with E-state index < -0.39 is 0 Å². The highest BCUT2D eigenvalue weighted by atomic mass is 35.5. The predicted octanol–water partition coefficient (Wildman–Crippen LogP) is 2.69. The SMILES string of the molecule is Cc1ccc(Cl)cc1NCC(C)CO. The molecule has 1 atom stereocenters. The zero-order valence-electron chi connectivity index (χ0n) is 8.55. The van der Waals surface area contributed by atoms with Crippen molar-refractivity contribution in [3.8, 4) is 0 Å². The van der Waals surface area contributed by atoms with Crippen LogP contribution in [0.25, 0.3) is 0 Å². The average molecular weight is 214 g/mol. The number of hydrogen-bond donors (Lipinski definition) is 2. The second-order valence-electron chi connectivity index (χ2n) is 3.63. The molecule has 0 saturated carbocycles. The van der Waals surface area contributed by atoms with E-state index in [0.717, 1.165) is 17.3 Å². The molecule has 0 bridgehead atoms. The van der Waals surface area contributed by atoms with Crippen LogP contribution in [0.5, 0.6) is 0 Å². The quantitative estimate of drug-likeness (QED) is 0.806. The summed E-state index contributed by atoms with van der Waals surface area (Å²) < 4.78 is 0. The molecule has 2 N–H and O–H groups in total. The molecule has 0 heterocycles. The second kappa shape index (κ2) is 5.23. The van der Waals surface area contributed by atoms with Gasteiger partial charge in [0.2, 0.25) is 0 Å². The zero-order valence-corrected chi connectivity index (χ0v) is 9.30. The van der Waals surface area contributed by atoms with E-state index in [1.54, 1.807) is 0 Å². The monoisotopic (exact) mass is 213 g/mol. The van der Waals surface area contributed by atoms with Crippen molar-refractivity contribution in [1.82, 2.24) is 0 Å². The first-order chi connectivity index (χ1) is 6.63. The Bertz CT molecular complexity index is 301. The first kappa shape index (κ1) is 11.3. The lowest BCUT2D eigenvalue weighted by atomic mass is 10.1. The number of anilines is 1. The lowest BCUT2D eigenvalue weighted by molar-refractivity contribution is 0.244. The van der Waals surface area contributed by atoms with Crippen LogP contribution in [0.3, 0.4) is 0 Å². The first-order valence-corrected chi connectivity index (χ1v) is 5.12. The maximum absolute atomic E-state index is 8.87. The van der Waals surface area contributed by atoms with Gasteiger partial charge in [0.05, 0.1) is 0 Å². The first-order valence-electron chi connectivity index (χ1n) is 4.74. The van der Waals surface area contributed by atoms with Gasteiger partial charge in [0, 0.05) is 23.9 Å². The summed E-state index contributed by atoms with van der Waals surface area (Å²) in [6.45, 7) is 4.99. The van der Waals surface area contributed by atoms with Crippen LogP contribution in [0, 0.1) is 12.8 Å². The highest BCUT2D eigenvalue weighted by Crippen LogP contribution is 2.20. The molecule has 3 heteroatoms. The van der Waals surface area contributed by atoms with Crippen molar-refractivity contribution in [3.05, 3.63) is 28.8 Å². The summed E-state index contributed by atoms with van der Waals surface area (Å²) in [6.07, 6.45) is 0. The molecule has 0 amide bonds. The fourth-order valence-electron chi connectivity index (χ4n) is 1.13. The van der Waals surface area contributed by atoms with E-state index in [-0.39, 0.29) is 12.5 Å². The second-order valence-corrected chi connectivity index (χ2v) is 4.06. The number of benzene rings is 1. The molecule has 0 saturated heterocycles. The molecule has 1 aromatic rings. The van der Waals surface area contributed by atoms with Gasteiger partial charge in [-0.1, -0.05) is 24.6 Å². The molecule has 1 rings (SSSR count). The smallest absolute Gasteiger partial charge is 0.0473 e. The zero-order chi connectivity index (χ0) is 10.6. The molecule has 2 nitrogen and oxygen atoms in total. The number of hydrogen-bond acceptors (Lipinski definition) is 2. The molecule has 0 aliphatic carbocycles. The van der Waals surface area contributed by atoms with E-state index in [0.29, 0.717) is 0 Å². The Morgan fingerprint density at radius 1 is 1.50 bits per heavy atom. The van der Waals surface area contributed by atoms with E-state index in [2.05, 4.69) is 5.32 Å². The summed E-state index contributed by atoms with van der Waals surface area (Å²) in [5, 5.41) is 12.9. The molecule has 0 aromatic heterocycles. The Labute approximate surface area is 89.9 Å². The highest BCUT2D eigenvalue weighted by molar-refractivity contribution is 6.30. The standard InChI is InChI=1S/C11H16ClNO/c1-8(7-14)6-13-11-5-10(12)4-3-9(11)2/h3-5,8,13-14H,6-7H2,1-2H3. The van der Waals surface area contributed by atoms with Crippen LogP contribution < -0.4 is 5.32 Å². The van der Waals surface area contributed by atoms with Gasteiger partial charge in [-0.2, -0.15) is 0 Å². The van der Waals surface area contributed by atoms with E-state index in [1.165, 1.54) is 5.56 Å². The van der Waals surface area contributed by atoms with Crippen molar-refractivity contribution in [2.75, 3.05) is 18.5 Å². The van der Waals surface area contributed by atoms with E-state index >= 15 is 0 Å². The lowest BCUT2D eigenvalue weighted by Crippen LogP contribution is -2.14. The van der Waals surface area contributed by atoms with E-state index in [1.807, 2.05) is 32.0 Å². The Morgan fingerprint density at radius 2 is 2.21 bits per heavy atom. The number of halogens is 1. The van der Waals surface area contributed by atoms with Gasteiger partial charge in [0.15, 0.2) is 0 Å². The normalized spacial score (nSPS) is 12.6. The molecule has 14 heavy (non-hydrogen) atoms. The molecule has 0 aliphatic rings. The summed E-state index contributed by atoms with van der Waals surface area (Å²) in [5.41, 5.74) is 2.21. The van der Waals surface area contributed by atoms with Crippen LogP contribution in [-0.4, -0.2) is 18.3 Å². The third-order valence-electron chi connectivity index (χ3n) is 2.15. The molecule has 1 unspecified atom stereocenters. The molecular formula is C11H16ClNO. The van der Waals surface area contributed by atoms with Crippen molar-refractivity contribution < 1.29 is 5.11 Å². The van der Waals surface area contributed by atoms with Crippen LogP contribution in [-0.2, 0) is 0 Å². The largest absolute Gasteiger partial charge is 0.396 e. The minimum absolute atomic E-state index is 0.201. The minimum Gasteiger partial charge on any atom is -0.396 e. The van der Waals surface area contributed by atoms with Gasteiger partial charge in [0.25, 0.3) is 0 Å². The Kier molecular flexibility index (Phi) is 4.23. The van der Waals surface area contributed by atoms with Gasteiger partial charge >= 0.3 is 0 Å². The van der Waals surface area contributed by atoms with E-state index in [9.17, 15) is 0 Å². The van der Waals surface area contributed by atoms with Gasteiger partial charge in [-0.15, -0.1) is 0 Å². The maximum atomic E-state index is 8.87. The van der Waals surface area contributed by atoms with Gasteiger partial charge < -0.3 is 10.4 Å². The average Bonchev–Trinajstić information content (AvgIpc) is 2.19. The lowest BCUT2D eigenvalue weighted by Gasteiger charge is -2.13. The van der Waals surface area contributed by atoms with E-state index in [4.69, 9.17) is 16.7 Å². The number of aryl methyl sites for hydroxylation is 1. The Hall–Kier alpha value is -0.730. The number of nitrogens with one attached hydrogen (secondary N) is 1. The van der Waals surface area contributed by atoms with Gasteiger partial charge in [-0.3, -0.25) is 0 Å². The van der Waals surface area contributed by atoms with Crippen LogP contribution in [0.15, 0.2) is 18.2 Å². The fourth-order valence-corrected chi connectivity index (χ4v) is 1.31. The van der Waals surface area contributed by atoms with Crippen molar-refractivity contribution in [3.63, 3.8) is 0 Å². The molecule has 78 valence electrons. The summed E-state index contributed by atoms with van der Waals surface area (Å²) in [7, 11) is 0. The molecule has 1 aromatic carbocycles. The molecular weight excluding hydrogens is 198 g/mol. The minimum atomic E-state index is 0.201. The van der Waals surface area contributed by atoms with Crippen LogP contribution >= 0.6 is 11.6 Å². The van der Waals surface area contributed by atoms with Gasteiger partial charge in [-0.05, 0) is 30.5 Å².